The summed E-state index contributed by atoms with van der Waals surface area (Å²) in [6.07, 6.45) is 5.11. The number of allylic oxidation sites excluding steroid dienone is 2. The van der Waals surface area contributed by atoms with Crippen molar-refractivity contribution in [3.8, 4) is 5.75 Å². The summed E-state index contributed by atoms with van der Waals surface area (Å²) in [5.74, 6) is 1.83. The van der Waals surface area contributed by atoms with Gasteiger partial charge in [-0.15, -0.1) is 0 Å². The fourth-order valence-corrected chi connectivity index (χ4v) is 3.01. The molecule has 0 aromatic heterocycles. The minimum absolute atomic E-state index is 0.843. The number of hydrogen-bond donors (Lipinski definition) is 0. The maximum absolute atomic E-state index is 5.32. The zero-order chi connectivity index (χ0) is 11.1. The number of fused-ring (bicyclic) bond motifs is 2. The van der Waals surface area contributed by atoms with E-state index in [1.807, 2.05) is 0 Å². The molecule has 1 aromatic rings. The molecule has 1 atom stereocenters. The van der Waals surface area contributed by atoms with Crippen LogP contribution in [0.4, 0.5) is 0 Å². The third-order valence-corrected chi connectivity index (χ3v) is 3.96. The molecular formula is C15H18O. The Labute approximate surface area is 97.1 Å². The first kappa shape index (κ1) is 9.95. The highest BCUT2D eigenvalue weighted by Gasteiger charge is 2.26. The molecule has 0 N–H and O–H groups in total. The number of ether oxygens (including phenoxy) is 1. The van der Waals surface area contributed by atoms with Gasteiger partial charge >= 0.3 is 0 Å². The molecule has 16 heavy (non-hydrogen) atoms. The lowest BCUT2D eigenvalue weighted by molar-refractivity contribution is 0.414. The van der Waals surface area contributed by atoms with Gasteiger partial charge in [0.05, 0.1) is 7.11 Å². The second-order valence-electron chi connectivity index (χ2n) is 5.13. The van der Waals surface area contributed by atoms with Crippen LogP contribution in [0.1, 0.15) is 37.3 Å². The van der Waals surface area contributed by atoms with Gasteiger partial charge in [0.1, 0.15) is 5.75 Å². The third-order valence-electron chi connectivity index (χ3n) is 3.96. The van der Waals surface area contributed by atoms with Crippen LogP contribution in [-0.2, 0) is 6.42 Å². The van der Waals surface area contributed by atoms with Gasteiger partial charge in [-0.25, -0.2) is 0 Å². The molecule has 0 saturated heterocycles. The Balaban J connectivity index is 2.04. The Morgan fingerprint density at radius 2 is 2.19 bits per heavy atom. The lowest BCUT2D eigenvalue weighted by Gasteiger charge is -2.20. The van der Waals surface area contributed by atoms with Gasteiger partial charge < -0.3 is 4.74 Å². The maximum atomic E-state index is 5.32. The van der Waals surface area contributed by atoms with Crippen LogP contribution < -0.4 is 4.74 Å². The molecule has 0 fully saturated rings. The molecule has 2 aliphatic rings. The van der Waals surface area contributed by atoms with E-state index in [4.69, 9.17) is 4.74 Å². The molecule has 3 rings (SSSR count). The van der Waals surface area contributed by atoms with Crippen molar-refractivity contribution in [1.29, 1.82) is 0 Å². The van der Waals surface area contributed by atoms with Crippen LogP contribution >= 0.6 is 0 Å². The largest absolute Gasteiger partial charge is 0.497 e. The van der Waals surface area contributed by atoms with Crippen LogP contribution in [0.5, 0.6) is 5.75 Å². The first-order valence-electron chi connectivity index (χ1n) is 6.16. The van der Waals surface area contributed by atoms with Crippen LogP contribution in [0.15, 0.2) is 23.8 Å². The summed E-state index contributed by atoms with van der Waals surface area (Å²) >= 11 is 0. The summed E-state index contributed by atoms with van der Waals surface area (Å²) in [4.78, 5) is 0. The van der Waals surface area contributed by atoms with Crippen LogP contribution in [0.2, 0.25) is 0 Å². The highest BCUT2D eigenvalue weighted by Crippen LogP contribution is 2.44. The van der Waals surface area contributed by atoms with E-state index in [1.54, 1.807) is 18.3 Å². The second kappa shape index (κ2) is 3.65. The standard InChI is InChI=1S/C15H18O/c1-10-3-4-11-8-12-5-6-13(16-2)9-15(12)14(11)7-10/h5-6,9-10H,3-4,7-8H2,1-2H3. The van der Waals surface area contributed by atoms with Gasteiger partial charge in [0.2, 0.25) is 0 Å². The summed E-state index contributed by atoms with van der Waals surface area (Å²) in [6.45, 7) is 2.36. The molecule has 1 unspecified atom stereocenters. The molecule has 0 radical (unpaired) electrons. The van der Waals surface area contributed by atoms with Gasteiger partial charge in [-0.2, -0.15) is 0 Å². The van der Waals surface area contributed by atoms with Crippen LogP contribution in [0, 0.1) is 5.92 Å². The highest BCUT2D eigenvalue weighted by molar-refractivity contribution is 5.78. The molecule has 0 amide bonds. The van der Waals surface area contributed by atoms with Gasteiger partial charge in [0.25, 0.3) is 0 Å². The van der Waals surface area contributed by atoms with E-state index in [2.05, 4.69) is 25.1 Å². The van der Waals surface area contributed by atoms with Crippen molar-refractivity contribution in [1.82, 2.24) is 0 Å². The van der Waals surface area contributed by atoms with Gasteiger partial charge in [-0.1, -0.05) is 18.6 Å². The van der Waals surface area contributed by atoms with Crippen LogP contribution in [-0.4, -0.2) is 7.11 Å². The van der Waals surface area contributed by atoms with Gasteiger partial charge in [0, 0.05) is 0 Å². The van der Waals surface area contributed by atoms with Crippen molar-refractivity contribution in [3.63, 3.8) is 0 Å². The van der Waals surface area contributed by atoms with E-state index in [0.717, 1.165) is 11.7 Å². The Morgan fingerprint density at radius 1 is 1.31 bits per heavy atom. The van der Waals surface area contributed by atoms with Crippen molar-refractivity contribution >= 4 is 5.57 Å². The minimum atomic E-state index is 0.843. The Bertz CT molecular complexity index is 457. The molecule has 1 aromatic carbocycles. The van der Waals surface area contributed by atoms with Crippen molar-refractivity contribution in [2.45, 2.75) is 32.6 Å². The molecule has 0 saturated carbocycles. The fraction of sp³-hybridized carbons (Fsp3) is 0.467. The topological polar surface area (TPSA) is 9.23 Å². The van der Waals surface area contributed by atoms with Gasteiger partial charge in [-0.3, -0.25) is 0 Å². The Kier molecular flexibility index (Phi) is 2.27. The van der Waals surface area contributed by atoms with Crippen molar-refractivity contribution in [2.24, 2.45) is 5.92 Å². The van der Waals surface area contributed by atoms with E-state index in [9.17, 15) is 0 Å². The van der Waals surface area contributed by atoms with Gasteiger partial charge in [0.15, 0.2) is 0 Å². The number of methoxy groups -OCH3 is 1. The predicted molar refractivity (Wildman–Crippen MR) is 66.6 cm³/mol. The molecule has 2 aliphatic carbocycles. The molecule has 1 heteroatoms. The fourth-order valence-electron chi connectivity index (χ4n) is 3.01. The molecular weight excluding hydrogens is 196 g/mol. The number of hydrogen-bond acceptors (Lipinski definition) is 1. The van der Waals surface area contributed by atoms with E-state index >= 15 is 0 Å². The predicted octanol–water partition coefficient (Wildman–Crippen LogP) is 3.82. The lowest BCUT2D eigenvalue weighted by Crippen LogP contribution is -2.04. The molecule has 84 valence electrons. The highest BCUT2D eigenvalue weighted by atomic mass is 16.5. The summed E-state index contributed by atoms with van der Waals surface area (Å²) < 4.78 is 5.32. The third kappa shape index (κ3) is 1.46. The lowest BCUT2D eigenvalue weighted by atomic mass is 9.85. The summed E-state index contributed by atoms with van der Waals surface area (Å²) in [7, 11) is 1.75. The average molecular weight is 214 g/mol. The number of rotatable bonds is 1. The second-order valence-corrected chi connectivity index (χ2v) is 5.13. The van der Waals surface area contributed by atoms with Crippen molar-refractivity contribution in [3.05, 3.63) is 34.9 Å². The molecule has 0 heterocycles. The quantitative estimate of drug-likeness (QED) is 0.690. The van der Waals surface area contributed by atoms with Crippen LogP contribution in [0.3, 0.4) is 0 Å². The van der Waals surface area contributed by atoms with Crippen molar-refractivity contribution in [2.75, 3.05) is 7.11 Å². The maximum Gasteiger partial charge on any atom is 0.119 e. The summed E-state index contributed by atoms with van der Waals surface area (Å²) in [5, 5.41) is 0. The zero-order valence-electron chi connectivity index (χ0n) is 10.0. The molecule has 1 nitrogen and oxygen atoms in total. The smallest absolute Gasteiger partial charge is 0.119 e. The van der Waals surface area contributed by atoms with E-state index in [0.29, 0.717) is 0 Å². The molecule has 0 bridgehead atoms. The molecule has 0 spiro atoms. The van der Waals surface area contributed by atoms with E-state index in [1.165, 1.54) is 36.8 Å². The van der Waals surface area contributed by atoms with Crippen LogP contribution in [0.25, 0.3) is 5.57 Å². The van der Waals surface area contributed by atoms with E-state index in [-0.39, 0.29) is 0 Å². The minimum Gasteiger partial charge on any atom is -0.497 e. The molecule has 0 aliphatic heterocycles. The number of benzene rings is 1. The first-order valence-corrected chi connectivity index (χ1v) is 6.16. The summed E-state index contributed by atoms with van der Waals surface area (Å²) in [5.41, 5.74) is 6.26. The zero-order valence-corrected chi connectivity index (χ0v) is 10.0. The van der Waals surface area contributed by atoms with Gasteiger partial charge in [-0.05, 0) is 60.4 Å². The summed E-state index contributed by atoms with van der Waals surface area (Å²) in [6, 6.07) is 6.54. The normalized spacial score (nSPS) is 23.0. The first-order chi connectivity index (χ1) is 7.78. The Morgan fingerprint density at radius 3 is 3.00 bits per heavy atom. The Hall–Kier alpha value is -1.24. The average Bonchev–Trinajstić information content (AvgIpc) is 2.66. The van der Waals surface area contributed by atoms with E-state index < -0.39 is 0 Å². The monoisotopic (exact) mass is 214 g/mol. The SMILES string of the molecule is COc1ccc2c(c1)C1=C(CCC(C)C1)C2. The van der Waals surface area contributed by atoms with Crippen molar-refractivity contribution < 1.29 is 4.74 Å².